The van der Waals surface area contributed by atoms with Gasteiger partial charge in [-0.1, -0.05) is 17.7 Å². The van der Waals surface area contributed by atoms with Crippen molar-refractivity contribution in [2.45, 2.75) is 18.7 Å². The number of benzene rings is 2. The summed E-state index contributed by atoms with van der Waals surface area (Å²) in [6.45, 7) is 4.09. The van der Waals surface area contributed by atoms with Crippen LogP contribution in [0.15, 0.2) is 71.2 Å². The van der Waals surface area contributed by atoms with E-state index in [1.54, 1.807) is 42.0 Å². The Morgan fingerprint density at radius 3 is 2.45 bits per heavy atom. The van der Waals surface area contributed by atoms with Crippen molar-refractivity contribution in [2.75, 3.05) is 9.62 Å². The molecule has 0 aliphatic heterocycles. The normalized spacial score (nSPS) is 11.4. The van der Waals surface area contributed by atoms with E-state index in [2.05, 4.69) is 26.0 Å². The van der Waals surface area contributed by atoms with Crippen LogP contribution in [0.5, 0.6) is 0 Å². The number of anilines is 4. The van der Waals surface area contributed by atoms with Crippen LogP contribution in [0.1, 0.15) is 11.1 Å². The Labute approximate surface area is 173 Å². The minimum atomic E-state index is -3.70. The molecule has 0 saturated heterocycles. The van der Waals surface area contributed by atoms with Gasteiger partial charge in [0.05, 0.1) is 16.8 Å². The molecule has 4 aromatic rings. The van der Waals surface area contributed by atoms with Crippen molar-refractivity contribution in [2.24, 2.45) is 0 Å². The summed E-state index contributed by atoms with van der Waals surface area (Å²) >= 11 is 1.23. The van der Waals surface area contributed by atoms with Gasteiger partial charge in [-0.15, -0.1) is 11.3 Å². The molecule has 9 heteroatoms. The second kappa shape index (κ2) is 7.69. The van der Waals surface area contributed by atoms with Crippen LogP contribution >= 0.6 is 11.3 Å². The van der Waals surface area contributed by atoms with Crippen LogP contribution in [-0.2, 0) is 10.0 Å². The molecular formula is C20H19N5O2S2. The predicted molar refractivity (Wildman–Crippen MR) is 116 cm³/mol. The lowest BCUT2D eigenvalue weighted by atomic mass is 10.1. The maximum Gasteiger partial charge on any atom is 0.263 e. The molecule has 29 heavy (non-hydrogen) atoms. The van der Waals surface area contributed by atoms with E-state index in [9.17, 15) is 8.42 Å². The van der Waals surface area contributed by atoms with Gasteiger partial charge in [-0.25, -0.2) is 13.4 Å². The third-order valence-electron chi connectivity index (χ3n) is 4.38. The molecule has 0 aliphatic carbocycles. The lowest BCUT2D eigenvalue weighted by Crippen LogP contribution is -2.14. The number of aryl methyl sites for hydroxylation is 2. The highest BCUT2D eigenvalue weighted by atomic mass is 32.2. The number of nitrogens with zero attached hydrogens (tertiary/aromatic N) is 3. The Bertz CT molecular complexity index is 1200. The summed E-state index contributed by atoms with van der Waals surface area (Å²) in [6.07, 6.45) is 3.24. The summed E-state index contributed by atoms with van der Waals surface area (Å²) in [6, 6.07) is 14.8. The number of H-pyrrole nitrogens is 1. The van der Waals surface area contributed by atoms with Crippen LogP contribution < -0.4 is 9.62 Å². The van der Waals surface area contributed by atoms with Crippen molar-refractivity contribution in [3.63, 3.8) is 0 Å². The molecule has 0 aliphatic rings. The van der Waals surface area contributed by atoms with Gasteiger partial charge in [0.2, 0.25) is 0 Å². The third kappa shape index (κ3) is 4.01. The van der Waals surface area contributed by atoms with Gasteiger partial charge in [0.1, 0.15) is 5.82 Å². The third-order valence-corrected chi connectivity index (χ3v) is 6.55. The number of aromatic amines is 1. The Balaban J connectivity index is 1.71. The number of thiazole rings is 1. The van der Waals surface area contributed by atoms with Gasteiger partial charge in [0, 0.05) is 23.3 Å². The standard InChI is InChI=1S/C20H19N5O2S2/c1-14-3-8-18(15(2)13-14)25(19-9-10-22-23-19)16-4-6-17(7-5-16)29(26,27)24-20-21-11-12-28-20/h3-13H,1-2H3,(H,21,24)(H,22,23). The van der Waals surface area contributed by atoms with E-state index in [1.165, 1.54) is 16.9 Å². The van der Waals surface area contributed by atoms with Gasteiger partial charge in [-0.05, 0) is 49.7 Å². The Morgan fingerprint density at radius 2 is 1.83 bits per heavy atom. The van der Waals surface area contributed by atoms with Crippen molar-refractivity contribution in [1.29, 1.82) is 0 Å². The van der Waals surface area contributed by atoms with Crippen molar-refractivity contribution in [1.82, 2.24) is 15.2 Å². The molecule has 0 saturated carbocycles. The zero-order chi connectivity index (χ0) is 20.4. The summed E-state index contributed by atoms with van der Waals surface area (Å²) in [4.78, 5) is 6.15. The highest BCUT2D eigenvalue weighted by Gasteiger charge is 2.19. The number of aromatic nitrogens is 3. The Hall–Kier alpha value is -3.17. The van der Waals surface area contributed by atoms with Gasteiger partial charge in [0.25, 0.3) is 10.0 Å². The van der Waals surface area contributed by atoms with E-state index >= 15 is 0 Å². The molecule has 0 spiro atoms. The maximum absolute atomic E-state index is 12.6. The predicted octanol–water partition coefficient (Wildman–Crippen LogP) is 4.75. The number of sulfonamides is 1. The first kappa shape index (κ1) is 19.2. The maximum atomic E-state index is 12.6. The molecule has 4 rings (SSSR count). The van der Waals surface area contributed by atoms with Crippen molar-refractivity contribution in [3.05, 3.63) is 77.4 Å². The van der Waals surface area contributed by atoms with Gasteiger partial charge >= 0.3 is 0 Å². The van der Waals surface area contributed by atoms with Crippen LogP contribution in [0.3, 0.4) is 0 Å². The Kier molecular flexibility index (Phi) is 5.08. The van der Waals surface area contributed by atoms with Crippen LogP contribution in [0.2, 0.25) is 0 Å². The van der Waals surface area contributed by atoms with E-state index in [0.29, 0.717) is 5.13 Å². The SMILES string of the molecule is Cc1ccc(N(c2ccc(S(=O)(=O)Nc3nccs3)cc2)c2ccn[nH]2)c(C)c1. The van der Waals surface area contributed by atoms with Crippen LogP contribution in [0.4, 0.5) is 22.3 Å². The van der Waals surface area contributed by atoms with Gasteiger partial charge < -0.3 is 0 Å². The first-order valence-electron chi connectivity index (χ1n) is 8.83. The largest absolute Gasteiger partial charge is 0.295 e. The van der Waals surface area contributed by atoms with E-state index in [-0.39, 0.29) is 4.90 Å². The average molecular weight is 426 g/mol. The van der Waals surface area contributed by atoms with E-state index < -0.39 is 10.0 Å². The number of nitrogens with one attached hydrogen (secondary N) is 2. The molecule has 0 radical (unpaired) electrons. The van der Waals surface area contributed by atoms with E-state index in [4.69, 9.17) is 0 Å². The fraction of sp³-hybridized carbons (Fsp3) is 0.100. The second-order valence-corrected chi connectivity index (χ2v) is 9.08. The zero-order valence-corrected chi connectivity index (χ0v) is 17.5. The summed E-state index contributed by atoms with van der Waals surface area (Å²) in [5.74, 6) is 0.786. The zero-order valence-electron chi connectivity index (χ0n) is 15.8. The van der Waals surface area contributed by atoms with Gasteiger partial charge in [-0.3, -0.25) is 14.7 Å². The highest BCUT2D eigenvalue weighted by Crippen LogP contribution is 2.36. The summed E-state index contributed by atoms with van der Waals surface area (Å²) < 4.78 is 27.7. The molecule has 7 nitrogen and oxygen atoms in total. The van der Waals surface area contributed by atoms with E-state index in [0.717, 1.165) is 22.8 Å². The molecule has 2 heterocycles. The van der Waals surface area contributed by atoms with Crippen LogP contribution in [0.25, 0.3) is 0 Å². The molecule has 2 aromatic heterocycles. The summed E-state index contributed by atoms with van der Waals surface area (Å²) in [7, 11) is -3.70. The minimum Gasteiger partial charge on any atom is -0.295 e. The second-order valence-electron chi connectivity index (χ2n) is 6.50. The molecule has 2 aromatic carbocycles. The molecular weight excluding hydrogens is 406 g/mol. The van der Waals surface area contributed by atoms with Crippen molar-refractivity contribution in [3.8, 4) is 0 Å². The topological polar surface area (TPSA) is 91.0 Å². The van der Waals surface area contributed by atoms with Crippen molar-refractivity contribution >= 4 is 43.7 Å². The molecule has 0 atom stereocenters. The lowest BCUT2D eigenvalue weighted by Gasteiger charge is -2.25. The summed E-state index contributed by atoms with van der Waals surface area (Å²) in [5.41, 5.74) is 4.07. The smallest absolute Gasteiger partial charge is 0.263 e. The lowest BCUT2D eigenvalue weighted by molar-refractivity contribution is 0.601. The monoisotopic (exact) mass is 425 g/mol. The Morgan fingerprint density at radius 1 is 1.03 bits per heavy atom. The number of hydrogen-bond donors (Lipinski definition) is 2. The summed E-state index contributed by atoms with van der Waals surface area (Å²) in [5, 5.41) is 9.10. The molecule has 0 unspecified atom stereocenters. The van der Waals surface area contributed by atoms with Gasteiger partial charge in [0.15, 0.2) is 5.13 Å². The first-order chi connectivity index (χ1) is 13.9. The highest BCUT2D eigenvalue weighted by molar-refractivity contribution is 7.93. The first-order valence-corrected chi connectivity index (χ1v) is 11.2. The molecule has 0 fully saturated rings. The minimum absolute atomic E-state index is 0.168. The van der Waals surface area contributed by atoms with Crippen LogP contribution in [-0.4, -0.2) is 23.6 Å². The fourth-order valence-electron chi connectivity index (χ4n) is 3.06. The van der Waals surface area contributed by atoms with Gasteiger partial charge in [-0.2, -0.15) is 5.10 Å². The van der Waals surface area contributed by atoms with E-state index in [1.807, 2.05) is 36.9 Å². The van der Waals surface area contributed by atoms with Crippen LogP contribution in [0, 0.1) is 13.8 Å². The number of rotatable bonds is 6. The quantitative estimate of drug-likeness (QED) is 0.465. The molecule has 0 amide bonds. The number of hydrogen-bond acceptors (Lipinski definition) is 6. The average Bonchev–Trinajstić information content (AvgIpc) is 3.38. The van der Waals surface area contributed by atoms with Crippen molar-refractivity contribution < 1.29 is 8.42 Å². The molecule has 2 N–H and O–H groups in total. The fourth-order valence-corrected chi connectivity index (χ4v) is 4.85. The molecule has 0 bridgehead atoms. The molecule has 148 valence electrons.